The second-order valence-electron chi connectivity index (χ2n) is 6.85. The highest BCUT2D eigenvalue weighted by atomic mass is 16.6. The minimum absolute atomic E-state index is 0.126. The van der Waals surface area contributed by atoms with Gasteiger partial charge in [-0.2, -0.15) is 0 Å². The largest absolute Gasteiger partial charge is 0.325 e. The molecule has 0 spiro atoms. The number of hydrogen-bond acceptors (Lipinski definition) is 5. The molecule has 4 amide bonds. The number of nitro groups is 1. The molecule has 2 aromatic rings. The molecule has 1 unspecified atom stereocenters. The Kier molecular flexibility index (Phi) is 5.31. The summed E-state index contributed by atoms with van der Waals surface area (Å²) < 4.78 is 0. The van der Waals surface area contributed by atoms with E-state index >= 15 is 0 Å². The molecule has 0 aliphatic carbocycles. The molecule has 2 N–H and O–H groups in total. The molecule has 150 valence electrons. The zero-order chi connectivity index (χ0) is 21.2. The maximum atomic E-state index is 12.9. The van der Waals surface area contributed by atoms with Crippen LogP contribution in [-0.4, -0.2) is 34.2 Å². The first kappa shape index (κ1) is 20.0. The number of nitrogens with zero attached hydrogens (tertiary/aromatic N) is 2. The van der Waals surface area contributed by atoms with E-state index in [1.165, 1.54) is 31.2 Å². The molecule has 2 aromatic carbocycles. The zero-order valence-corrected chi connectivity index (χ0v) is 16.0. The van der Waals surface area contributed by atoms with E-state index in [0.29, 0.717) is 11.3 Å². The van der Waals surface area contributed by atoms with Crippen LogP contribution in [0.25, 0.3) is 0 Å². The molecule has 9 nitrogen and oxygen atoms in total. The second-order valence-corrected chi connectivity index (χ2v) is 6.85. The first-order valence-electron chi connectivity index (χ1n) is 9.02. The number of urea groups is 1. The molecule has 0 saturated carbocycles. The molecule has 0 bridgehead atoms. The third-order valence-corrected chi connectivity index (χ3v) is 4.88. The van der Waals surface area contributed by atoms with Crippen LogP contribution in [-0.2, 0) is 21.5 Å². The molecule has 1 saturated heterocycles. The maximum Gasteiger partial charge on any atom is 0.325 e. The Morgan fingerprint density at radius 2 is 1.76 bits per heavy atom. The number of imide groups is 1. The van der Waals surface area contributed by atoms with Crippen molar-refractivity contribution in [3.8, 4) is 0 Å². The van der Waals surface area contributed by atoms with E-state index in [1.54, 1.807) is 12.1 Å². The molecular formula is C20H20N4O5. The highest BCUT2D eigenvalue weighted by Crippen LogP contribution is 2.30. The Morgan fingerprint density at radius 3 is 2.31 bits per heavy atom. The van der Waals surface area contributed by atoms with Gasteiger partial charge in [-0.3, -0.25) is 24.6 Å². The summed E-state index contributed by atoms with van der Waals surface area (Å²) >= 11 is 0. The molecular weight excluding hydrogens is 376 g/mol. The summed E-state index contributed by atoms with van der Waals surface area (Å²) in [5, 5.41) is 16.0. The van der Waals surface area contributed by atoms with Crippen LogP contribution in [0.5, 0.6) is 0 Å². The van der Waals surface area contributed by atoms with Gasteiger partial charge in [0.1, 0.15) is 12.1 Å². The third kappa shape index (κ3) is 3.93. The normalized spacial score (nSPS) is 18.5. The van der Waals surface area contributed by atoms with E-state index in [1.807, 2.05) is 19.1 Å². The monoisotopic (exact) mass is 396 g/mol. The number of aryl methyl sites for hydroxylation is 1. The number of carbonyl (C=O) groups is 3. The van der Waals surface area contributed by atoms with Crippen molar-refractivity contribution in [2.24, 2.45) is 0 Å². The van der Waals surface area contributed by atoms with Crippen LogP contribution >= 0.6 is 0 Å². The first-order chi connectivity index (χ1) is 13.7. The smallest absolute Gasteiger partial charge is 0.325 e. The van der Waals surface area contributed by atoms with Crippen LogP contribution in [0.2, 0.25) is 0 Å². The van der Waals surface area contributed by atoms with Crippen LogP contribution in [0.1, 0.15) is 25.0 Å². The maximum absolute atomic E-state index is 12.9. The van der Waals surface area contributed by atoms with Crippen LogP contribution < -0.4 is 10.6 Å². The quantitative estimate of drug-likeness (QED) is 0.441. The van der Waals surface area contributed by atoms with E-state index < -0.39 is 34.9 Å². The van der Waals surface area contributed by atoms with Crippen molar-refractivity contribution in [2.75, 3.05) is 11.9 Å². The van der Waals surface area contributed by atoms with Crippen molar-refractivity contribution in [3.63, 3.8) is 0 Å². The van der Waals surface area contributed by atoms with E-state index in [-0.39, 0.29) is 5.69 Å². The number of amides is 4. The number of benzene rings is 2. The highest BCUT2D eigenvalue weighted by molar-refractivity contribution is 6.10. The van der Waals surface area contributed by atoms with E-state index in [9.17, 15) is 24.5 Å². The summed E-state index contributed by atoms with van der Waals surface area (Å²) in [6.07, 6.45) is 0.873. The fraction of sp³-hybridized carbons (Fsp3) is 0.250. The molecule has 1 heterocycles. The predicted molar refractivity (Wildman–Crippen MR) is 105 cm³/mol. The summed E-state index contributed by atoms with van der Waals surface area (Å²) in [7, 11) is 0. The lowest BCUT2D eigenvalue weighted by Gasteiger charge is -2.22. The third-order valence-electron chi connectivity index (χ3n) is 4.88. The van der Waals surface area contributed by atoms with Crippen molar-refractivity contribution in [2.45, 2.75) is 25.8 Å². The summed E-state index contributed by atoms with van der Waals surface area (Å²) in [6.45, 7) is 3.08. The van der Waals surface area contributed by atoms with Crippen LogP contribution in [0.3, 0.4) is 0 Å². The van der Waals surface area contributed by atoms with Crippen molar-refractivity contribution in [1.82, 2.24) is 10.2 Å². The van der Waals surface area contributed by atoms with E-state index in [0.717, 1.165) is 16.9 Å². The van der Waals surface area contributed by atoms with Crippen LogP contribution in [0.15, 0.2) is 48.5 Å². The van der Waals surface area contributed by atoms with Crippen molar-refractivity contribution < 1.29 is 19.3 Å². The van der Waals surface area contributed by atoms with Gasteiger partial charge in [-0.15, -0.1) is 0 Å². The van der Waals surface area contributed by atoms with E-state index in [4.69, 9.17) is 0 Å². The molecule has 9 heteroatoms. The molecule has 3 rings (SSSR count). The van der Waals surface area contributed by atoms with Gasteiger partial charge in [0.05, 0.1) is 4.92 Å². The minimum atomic E-state index is -1.41. The minimum Gasteiger partial charge on any atom is -0.325 e. The Morgan fingerprint density at radius 1 is 1.14 bits per heavy atom. The average Bonchev–Trinajstić information content (AvgIpc) is 2.92. The topological polar surface area (TPSA) is 122 Å². The fourth-order valence-electron chi connectivity index (χ4n) is 3.12. The van der Waals surface area contributed by atoms with Crippen LogP contribution in [0.4, 0.5) is 16.2 Å². The number of carbonyl (C=O) groups excluding carboxylic acids is 3. The predicted octanol–water partition coefficient (Wildman–Crippen LogP) is 2.56. The van der Waals surface area contributed by atoms with Crippen molar-refractivity contribution in [3.05, 3.63) is 69.8 Å². The van der Waals surface area contributed by atoms with Gasteiger partial charge < -0.3 is 10.6 Å². The van der Waals surface area contributed by atoms with Gasteiger partial charge in [0.25, 0.3) is 11.6 Å². The fourth-order valence-corrected chi connectivity index (χ4v) is 3.12. The Balaban J connectivity index is 1.72. The van der Waals surface area contributed by atoms with Gasteiger partial charge in [-0.25, -0.2) is 4.79 Å². The number of hydrogen-bond donors (Lipinski definition) is 2. The van der Waals surface area contributed by atoms with Gasteiger partial charge in [-0.1, -0.05) is 19.1 Å². The Hall–Kier alpha value is -3.75. The average molecular weight is 396 g/mol. The molecule has 1 atom stereocenters. The zero-order valence-electron chi connectivity index (χ0n) is 16.0. The Labute approximate surface area is 166 Å². The van der Waals surface area contributed by atoms with Crippen molar-refractivity contribution >= 4 is 29.2 Å². The van der Waals surface area contributed by atoms with Gasteiger partial charge in [-0.05, 0) is 48.7 Å². The number of anilines is 1. The van der Waals surface area contributed by atoms with E-state index in [2.05, 4.69) is 10.6 Å². The number of nitro benzene ring substituents is 1. The SMILES string of the molecule is CCc1ccc(NC(=O)CN2C(=O)NC(C)(c3ccc([N+](=O)[O-])cc3)C2=O)cc1. The lowest BCUT2D eigenvalue weighted by Crippen LogP contribution is -2.42. The standard InChI is InChI=1S/C20H20N4O5/c1-3-13-4-8-15(9-5-13)21-17(25)12-23-18(26)20(2,22-19(23)27)14-6-10-16(11-7-14)24(28)29/h4-11H,3,12H2,1-2H3,(H,21,25)(H,22,27). The summed E-state index contributed by atoms with van der Waals surface area (Å²) in [5.74, 6) is -1.11. The first-order valence-corrected chi connectivity index (χ1v) is 9.02. The van der Waals surface area contributed by atoms with Crippen molar-refractivity contribution in [1.29, 1.82) is 0 Å². The molecule has 0 aromatic heterocycles. The lowest BCUT2D eigenvalue weighted by molar-refractivity contribution is -0.384. The summed E-state index contributed by atoms with van der Waals surface area (Å²) in [5.41, 5.74) is 0.544. The van der Waals surface area contributed by atoms with Gasteiger partial charge in [0, 0.05) is 17.8 Å². The number of non-ortho nitro benzene ring substituents is 1. The molecule has 1 fully saturated rings. The molecule has 1 aliphatic heterocycles. The molecule has 1 aliphatic rings. The van der Waals surface area contributed by atoms with Gasteiger partial charge >= 0.3 is 6.03 Å². The summed E-state index contributed by atoms with van der Waals surface area (Å²) in [4.78, 5) is 48.6. The summed E-state index contributed by atoms with van der Waals surface area (Å²) in [6, 6.07) is 11.9. The Bertz CT molecular complexity index is 971. The second kappa shape index (κ2) is 7.70. The van der Waals surface area contributed by atoms with Gasteiger partial charge in [0.15, 0.2) is 0 Å². The molecule has 0 radical (unpaired) electrons. The lowest BCUT2D eigenvalue weighted by atomic mass is 9.92. The molecule has 29 heavy (non-hydrogen) atoms. The number of nitrogens with one attached hydrogen (secondary N) is 2. The highest BCUT2D eigenvalue weighted by Gasteiger charge is 2.49. The van der Waals surface area contributed by atoms with Gasteiger partial charge in [0.2, 0.25) is 5.91 Å². The van der Waals surface area contributed by atoms with Crippen LogP contribution in [0, 0.1) is 10.1 Å². The number of rotatable bonds is 6.